The molecular formula is C18H16N2O3S. The van der Waals surface area contributed by atoms with Gasteiger partial charge in [-0.05, 0) is 35.9 Å². The fourth-order valence-corrected chi connectivity index (χ4v) is 3.14. The molecule has 0 aliphatic heterocycles. The van der Waals surface area contributed by atoms with Crippen molar-refractivity contribution >= 4 is 27.0 Å². The van der Waals surface area contributed by atoms with Gasteiger partial charge in [0.2, 0.25) is 0 Å². The zero-order valence-electron chi connectivity index (χ0n) is 13.0. The highest BCUT2D eigenvalue weighted by molar-refractivity contribution is 7.89. The summed E-state index contributed by atoms with van der Waals surface area (Å²) in [6, 6.07) is 17.3. The standard InChI is InChI=1S/C18H16N2O3S/c1-13-6-9-15(10-7-13)24(22,23)20-19-12-17-16-5-3-2-4-14(16)8-11-18(17)21/h2-12,20-21H,1H3. The molecule has 0 amide bonds. The number of sulfonamides is 1. The number of phenols is 1. The monoisotopic (exact) mass is 340 g/mol. The van der Waals surface area contributed by atoms with E-state index >= 15 is 0 Å². The largest absolute Gasteiger partial charge is 0.507 e. The van der Waals surface area contributed by atoms with Crippen LogP contribution in [0.2, 0.25) is 0 Å². The number of aromatic hydroxyl groups is 1. The summed E-state index contributed by atoms with van der Waals surface area (Å²) in [5.74, 6) is 0.0342. The Morgan fingerprint density at radius 3 is 2.46 bits per heavy atom. The van der Waals surface area contributed by atoms with E-state index in [0.29, 0.717) is 5.56 Å². The molecule has 0 fully saturated rings. The van der Waals surface area contributed by atoms with Crippen LogP contribution < -0.4 is 4.83 Å². The number of hydrazone groups is 1. The average molecular weight is 340 g/mol. The maximum atomic E-state index is 12.2. The van der Waals surface area contributed by atoms with E-state index in [0.717, 1.165) is 16.3 Å². The number of benzene rings is 3. The van der Waals surface area contributed by atoms with Gasteiger partial charge in [0.05, 0.1) is 11.1 Å². The predicted octanol–water partition coefficient (Wildman–Crippen LogP) is 3.17. The molecule has 3 aromatic carbocycles. The molecule has 0 aliphatic rings. The van der Waals surface area contributed by atoms with Crippen molar-refractivity contribution in [3.8, 4) is 5.75 Å². The van der Waals surface area contributed by atoms with Crippen LogP contribution in [0.3, 0.4) is 0 Å². The third-order valence-electron chi connectivity index (χ3n) is 3.65. The van der Waals surface area contributed by atoms with Gasteiger partial charge in [-0.1, -0.05) is 48.0 Å². The number of aryl methyl sites for hydroxylation is 1. The number of hydrogen-bond donors (Lipinski definition) is 2. The van der Waals surface area contributed by atoms with Gasteiger partial charge < -0.3 is 5.11 Å². The molecule has 0 spiro atoms. The Morgan fingerprint density at radius 1 is 1.00 bits per heavy atom. The highest BCUT2D eigenvalue weighted by Crippen LogP contribution is 2.25. The molecule has 24 heavy (non-hydrogen) atoms. The van der Waals surface area contributed by atoms with Crippen molar-refractivity contribution in [2.45, 2.75) is 11.8 Å². The topological polar surface area (TPSA) is 78.8 Å². The Hall–Kier alpha value is -2.86. The van der Waals surface area contributed by atoms with E-state index in [1.807, 2.05) is 31.2 Å². The van der Waals surface area contributed by atoms with Crippen LogP contribution in [-0.2, 0) is 10.0 Å². The number of fused-ring (bicyclic) bond motifs is 1. The maximum Gasteiger partial charge on any atom is 0.276 e. The van der Waals surface area contributed by atoms with Crippen molar-refractivity contribution in [1.29, 1.82) is 0 Å². The maximum absolute atomic E-state index is 12.2. The molecule has 0 saturated carbocycles. The normalized spacial score (nSPS) is 11.9. The molecule has 6 heteroatoms. The summed E-state index contributed by atoms with van der Waals surface area (Å²) >= 11 is 0. The fraction of sp³-hybridized carbons (Fsp3) is 0.0556. The van der Waals surface area contributed by atoms with E-state index in [1.165, 1.54) is 18.3 Å². The summed E-state index contributed by atoms with van der Waals surface area (Å²) in [6.45, 7) is 1.88. The Bertz CT molecular complexity index is 1010. The molecule has 2 N–H and O–H groups in total. The SMILES string of the molecule is Cc1ccc(S(=O)(=O)NN=Cc2c(O)ccc3ccccc23)cc1. The van der Waals surface area contributed by atoms with Crippen LogP contribution in [0.5, 0.6) is 5.75 Å². The molecule has 0 atom stereocenters. The minimum absolute atomic E-state index is 0.0342. The Kier molecular flexibility index (Phi) is 4.22. The zero-order valence-corrected chi connectivity index (χ0v) is 13.8. The van der Waals surface area contributed by atoms with Gasteiger partial charge in [0, 0.05) is 5.56 Å². The second-order valence-electron chi connectivity index (χ2n) is 5.39. The van der Waals surface area contributed by atoms with Gasteiger partial charge in [0.25, 0.3) is 10.0 Å². The number of nitrogens with zero attached hydrogens (tertiary/aromatic N) is 1. The molecule has 0 unspecified atom stereocenters. The van der Waals surface area contributed by atoms with Gasteiger partial charge in [-0.15, -0.1) is 0 Å². The van der Waals surface area contributed by atoms with Crippen LogP contribution >= 0.6 is 0 Å². The minimum Gasteiger partial charge on any atom is -0.507 e. The van der Waals surface area contributed by atoms with E-state index < -0.39 is 10.0 Å². The lowest BCUT2D eigenvalue weighted by Crippen LogP contribution is -2.18. The zero-order chi connectivity index (χ0) is 17.2. The van der Waals surface area contributed by atoms with Crippen LogP contribution in [0, 0.1) is 6.92 Å². The highest BCUT2D eigenvalue weighted by Gasteiger charge is 2.12. The van der Waals surface area contributed by atoms with Crippen molar-refractivity contribution in [3.05, 3.63) is 71.8 Å². The molecule has 0 bridgehead atoms. The summed E-state index contributed by atoms with van der Waals surface area (Å²) < 4.78 is 24.4. The lowest BCUT2D eigenvalue weighted by molar-refractivity contribution is 0.475. The molecular weight excluding hydrogens is 324 g/mol. The quantitative estimate of drug-likeness (QED) is 0.565. The summed E-state index contributed by atoms with van der Waals surface area (Å²) in [4.78, 5) is 2.30. The first kappa shape index (κ1) is 16.0. The number of phenolic OH excluding ortho intramolecular Hbond substituents is 1. The molecule has 0 aliphatic carbocycles. The highest BCUT2D eigenvalue weighted by atomic mass is 32.2. The molecule has 5 nitrogen and oxygen atoms in total. The van der Waals surface area contributed by atoms with Gasteiger partial charge in [0.15, 0.2) is 0 Å². The van der Waals surface area contributed by atoms with E-state index in [1.54, 1.807) is 24.3 Å². The summed E-state index contributed by atoms with van der Waals surface area (Å²) in [5.41, 5.74) is 1.43. The lowest BCUT2D eigenvalue weighted by atomic mass is 10.0. The first-order valence-electron chi connectivity index (χ1n) is 7.30. The first-order chi connectivity index (χ1) is 11.5. The van der Waals surface area contributed by atoms with Gasteiger partial charge in [0.1, 0.15) is 5.75 Å². The van der Waals surface area contributed by atoms with Crippen molar-refractivity contribution < 1.29 is 13.5 Å². The molecule has 0 radical (unpaired) electrons. The van der Waals surface area contributed by atoms with Crippen molar-refractivity contribution in [3.63, 3.8) is 0 Å². The predicted molar refractivity (Wildman–Crippen MR) is 94.7 cm³/mol. The first-order valence-corrected chi connectivity index (χ1v) is 8.78. The van der Waals surface area contributed by atoms with Crippen LogP contribution in [0.15, 0.2) is 70.7 Å². The van der Waals surface area contributed by atoms with E-state index in [-0.39, 0.29) is 10.6 Å². The molecule has 0 saturated heterocycles. The molecule has 3 rings (SSSR count). The Labute approximate surface area is 140 Å². The Balaban J connectivity index is 1.89. The number of hydrogen-bond acceptors (Lipinski definition) is 4. The number of nitrogens with one attached hydrogen (secondary N) is 1. The minimum atomic E-state index is -3.74. The third kappa shape index (κ3) is 3.23. The molecule has 3 aromatic rings. The van der Waals surface area contributed by atoms with Crippen LogP contribution in [0.4, 0.5) is 0 Å². The van der Waals surface area contributed by atoms with Gasteiger partial charge in [-0.3, -0.25) is 0 Å². The molecule has 0 heterocycles. The Morgan fingerprint density at radius 2 is 1.71 bits per heavy atom. The van der Waals surface area contributed by atoms with Gasteiger partial charge in [-0.25, -0.2) is 4.83 Å². The van der Waals surface area contributed by atoms with E-state index in [2.05, 4.69) is 9.93 Å². The summed E-state index contributed by atoms with van der Waals surface area (Å²) in [7, 11) is -3.74. The second-order valence-corrected chi connectivity index (χ2v) is 7.05. The van der Waals surface area contributed by atoms with Gasteiger partial charge >= 0.3 is 0 Å². The van der Waals surface area contributed by atoms with Crippen LogP contribution in [0.25, 0.3) is 10.8 Å². The molecule has 122 valence electrons. The third-order valence-corrected chi connectivity index (χ3v) is 4.88. The van der Waals surface area contributed by atoms with Gasteiger partial charge in [-0.2, -0.15) is 13.5 Å². The van der Waals surface area contributed by atoms with Crippen molar-refractivity contribution in [2.24, 2.45) is 5.10 Å². The van der Waals surface area contributed by atoms with E-state index in [4.69, 9.17) is 0 Å². The average Bonchev–Trinajstić information content (AvgIpc) is 2.57. The van der Waals surface area contributed by atoms with E-state index in [9.17, 15) is 13.5 Å². The summed E-state index contributed by atoms with van der Waals surface area (Å²) in [6.07, 6.45) is 1.31. The number of rotatable bonds is 4. The summed E-state index contributed by atoms with van der Waals surface area (Å²) in [5, 5.41) is 15.5. The molecule has 0 aromatic heterocycles. The van der Waals surface area contributed by atoms with Crippen molar-refractivity contribution in [1.82, 2.24) is 4.83 Å². The van der Waals surface area contributed by atoms with Crippen LogP contribution in [-0.4, -0.2) is 19.7 Å². The second kappa shape index (κ2) is 6.33. The fourth-order valence-electron chi connectivity index (χ4n) is 2.35. The van der Waals surface area contributed by atoms with Crippen LogP contribution in [0.1, 0.15) is 11.1 Å². The lowest BCUT2D eigenvalue weighted by Gasteiger charge is -2.06. The smallest absolute Gasteiger partial charge is 0.276 e. The van der Waals surface area contributed by atoms with Crippen molar-refractivity contribution in [2.75, 3.05) is 0 Å².